The molecule has 2 amide bonds. The van der Waals surface area contributed by atoms with Crippen molar-refractivity contribution in [3.8, 4) is 0 Å². The lowest BCUT2D eigenvalue weighted by atomic mass is 10.1. The number of primary sulfonamides is 1. The molecule has 0 saturated carbocycles. The van der Waals surface area contributed by atoms with Gasteiger partial charge in [0.05, 0.1) is 11.3 Å². The maximum absolute atomic E-state index is 12.8. The summed E-state index contributed by atoms with van der Waals surface area (Å²) in [7, 11) is -2.28. The summed E-state index contributed by atoms with van der Waals surface area (Å²) in [6.07, 6.45) is -0.230. The average Bonchev–Trinajstić information content (AvgIpc) is 3.12. The first-order chi connectivity index (χ1) is 14.5. The first-order valence-electron chi connectivity index (χ1n) is 9.14. The Morgan fingerprint density at radius 2 is 1.97 bits per heavy atom. The van der Waals surface area contributed by atoms with Crippen LogP contribution in [0.15, 0.2) is 38.5 Å². The molecule has 1 aromatic heterocycles. The number of carbonyl (C=O) groups is 2. The zero-order valence-electron chi connectivity index (χ0n) is 16.7. The summed E-state index contributed by atoms with van der Waals surface area (Å²) in [6.45, 7) is 2.04. The molecular formula is C17H21N6O6S2+. The molecule has 1 aliphatic heterocycles. The average molecular weight is 470 g/mol. The van der Waals surface area contributed by atoms with Gasteiger partial charge < -0.3 is 10.2 Å². The van der Waals surface area contributed by atoms with Gasteiger partial charge in [0, 0.05) is 12.2 Å². The number of sulfonamides is 1. The molecule has 1 aromatic carbocycles. The van der Waals surface area contributed by atoms with E-state index < -0.39 is 27.6 Å². The van der Waals surface area contributed by atoms with E-state index in [0.29, 0.717) is 12.2 Å². The first kappa shape index (κ1) is 22.6. The number of nitrogens with zero attached hydrogens (tertiary/aromatic N) is 3. The van der Waals surface area contributed by atoms with Crippen molar-refractivity contribution in [3.63, 3.8) is 0 Å². The van der Waals surface area contributed by atoms with Crippen molar-refractivity contribution in [3.05, 3.63) is 40.4 Å². The van der Waals surface area contributed by atoms with Gasteiger partial charge in [0.25, 0.3) is 5.91 Å². The third-order valence-corrected chi connectivity index (χ3v) is 6.19. The van der Waals surface area contributed by atoms with E-state index in [1.807, 2.05) is 0 Å². The smallest absolute Gasteiger partial charge is 0.326 e. The normalized spacial score (nSPS) is 16.8. The van der Waals surface area contributed by atoms with E-state index in [1.165, 1.54) is 38.7 Å². The molecule has 1 fully saturated rings. The van der Waals surface area contributed by atoms with E-state index >= 15 is 0 Å². The fourth-order valence-corrected chi connectivity index (χ4v) is 4.10. The number of thiocarbonyl (C=S) groups is 1. The number of amides is 2. The fraction of sp³-hybridized carbons (Fsp3) is 0.353. The van der Waals surface area contributed by atoms with Crippen LogP contribution in [0.1, 0.15) is 19.0 Å². The monoisotopic (exact) mass is 469 g/mol. The number of likely N-dealkylation sites (N-methyl/N-ethyl adjacent to an activating group) is 1. The SMILES string of the molecule is CCN1C(=O)C(CC(=O)Nc2ccc(S(N)(=O)=O)cc2)N(Cc2c(=O)o[nH][n+]2C)C1=S. The predicted octanol–water partition coefficient (Wildman–Crippen LogP) is -1.21. The van der Waals surface area contributed by atoms with E-state index in [4.69, 9.17) is 21.9 Å². The van der Waals surface area contributed by atoms with E-state index in [-0.39, 0.29) is 34.6 Å². The van der Waals surface area contributed by atoms with Crippen LogP contribution >= 0.6 is 12.2 Å². The van der Waals surface area contributed by atoms with Crippen LogP contribution in [0.3, 0.4) is 0 Å². The summed E-state index contributed by atoms with van der Waals surface area (Å²) >= 11 is 5.39. The van der Waals surface area contributed by atoms with Gasteiger partial charge in [0.2, 0.25) is 15.9 Å². The van der Waals surface area contributed by atoms with Gasteiger partial charge in [-0.2, -0.15) is 0 Å². The maximum atomic E-state index is 12.8. The Labute approximate surface area is 182 Å². The number of nitrogens with two attached hydrogens (primary N) is 1. The minimum atomic E-state index is -3.85. The second-order valence-electron chi connectivity index (χ2n) is 6.82. The van der Waals surface area contributed by atoms with Crippen LogP contribution in [0, 0.1) is 0 Å². The molecule has 0 radical (unpaired) electrons. The van der Waals surface area contributed by atoms with Gasteiger partial charge >= 0.3 is 11.3 Å². The number of carbonyl (C=O) groups excluding carboxylic acids is 2. The van der Waals surface area contributed by atoms with Gasteiger partial charge in [-0.25, -0.2) is 18.4 Å². The minimum Gasteiger partial charge on any atom is -0.326 e. The van der Waals surface area contributed by atoms with E-state index in [1.54, 1.807) is 14.0 Å². The summed E-state index contributed by atoms with van der Waals surface area (Å²) in [4.78, 5) is 40.1. The standard InChI is InChI=1S/C17H20N6O6S2/c1-3-22-15(25)12(23(17(22)30)9-13-16(26)29-20-21(13)2)8-14(24)19-10-4-6-11(7-5-10)31(18,27)28/h4-7,12H,3,8-9H2,1-2H3,(H3-,18,19,20,24,26,27,28)/p+1. The van der Waals surface area contributed by atoms with E-state index in [9.17, 15) is 22.8 Å². The molecule has 0 aliphatic carbocycles. The number of hydrogen-bond donors (Lipinski definition) is 3. The largest absolute Gasteiger partial charge is 0.431 e. The second-order valence-corrected chi connectivity index (χ2v) is 8.74. The van der Waals surface area contributed by atoms with Crippen LogP contribution in [0.5, 0.6) is 0 Å². The molecule has 4 N–H and O–H groups in total. The summed E-state index contributed by atoms with van der Waals surface area (Å²) in [5, 5.41) is 10.3. The molecule has 0 bridgehead atoms. The highest BCUT2D eigenvalue weighted by molar-refractivity contribution is 7.89. The molecule has 1 atom stereocenters. The van der Waals surface area contributed by atoms with Crippen molar-refractivity contribution in [2.45, 2.75) is 30.8 Å². The lowest BCUT2D eigenvalue weighted by Gasteiger charge is -2.21. The molecule has 2 heterocycles. The van der Waals surface area contributed by atoms with Gasteiger partial charge in [-0.05, 0) is 48.7 Å². The third-order valence-electron chi connectivity index (χ3n) is 4.80. The van der Waals surface area contributed by atoms with Crippen LogP contribution in [-0.4, -0.2) is 53.0 Å². The molecule has 31 heavy (non-hydrogen) atoms. The number of H-pyrrole nitrogens is 1. The number of aryl methyl sites for hydroxylation is 1. The molecular weight excluding hydrogens is 448 g/mol. The molecule has 14 heteroatoms. The Morgan fingerprint density at radius 1 is 1.32 bits per heavy atom. The molecule has 12 nitrogen and oxygen atoms in total. The molecule has 0 spiro atoms. The number of benzene rings is 1. The molecule has 166 valence electrons. The van der Waals surface area contributed by atoms with Crippen molar-refractivity contribution in [2.75, 3.05) is 11.9 Å². The van der Waals surface area contributed by atoms with Crippen LogP contribution in [0.25, 0.3) is 0 Å². The van der Waals surface area contributed by atoms with Gasteiger partial charge in [-0.3, -0.25) is 19.0 Å². The Morgan fingerprint density at radius 3 is 2.48 bits per heavy atom. The summed E-state index contributed by atoms with van der Waals surface area (Å²) in [5.74, 6) is -0.840. The van der Waals surface area contributed by atoms with Crippen molar-refractivity contribution < 1.29 is 27.2 Å². The Bertz CT molecular complexity index is 1190. The Hall–Kier alpha value is -3.10. The van der Waals surface area contributed by atoms with Crippen molar-refractivity contribution >= 4 is 44.9 Å². The van der Waals surface area contributed by atoms with E-state index in [0.717, 1.165) is 0 Å². The zero-order chi connectivity index (χ0) is 22.9. The Kier molecular flexibility index (Phi) is 6.24. The molecule has 1 unspecified atom stereocenters. The van der Waals surface area contributed by atoms with E-state index in [2.05, 4.69) is 10.6 Å². The number of rotatable bonds is 7. The topological polar surface area (TPSA) is 163 Å². The maximum Gasteiger partial charge on any atom is 0.431 e. The highest BCUT2D eigenvalue weighted by Crippen LogP contribution is 2.23. The number of nitrogens with one attached hydrogen (secondary N) is 2. The lowest BCUT2D eigenvalue weighted by molar-refractivity contribution is -0.746. The molecule has 2 aromatic rings. The quantitative estimate of drug-likeness (QED) is 0.336. The summed E-state index contributed by atoms with van der Waals surface area (Å²) in [5.41, 5.74) is -0.0371. The zero-order valence-corrected chi connectivity index (χ0v) is 18.3. The molecule has 3 rings (SSSR count). The summed E-state index contributed by atoms with van der Waals surface area (Å²) in [6, 6.07) is 4.39. The number of hydrogen-bond acceptors (Lipinski definition) is 7. The minimum absolute atomic E-state index is 0.0234. The van der Waals surface area contributed by atoms with Crippen LogP contribution < -0.4 is 20.8 Å². The molecule has 1 aliphatic rings. The van der Waals surface area contributed by atoms with Gasteiger partial charge in [0.15, 0.2) is 12.2 Å². The third kappa shape index (κ3) is 4.65. The van der Waals surface area contributed by atoms with Gasteiger partial charge in [0.1, 0.15) is 12.6 Å². The number of anilines is 1. The van der Waals surface area contributed by atoms with Crippen molar-refractivity contribution in [1.82, 2.24) is 15.1 Å². The van der Waals surface area contributed by atoms with Gasteiger partial charge in [-0.1, -0.05) is 4.68 Å². The van der Waals surface area contributed by atoms with Crippen LogP contribution in [0.2, 0.25) is 0 Å². The Balaban J connectivity index is 1.78. The predicted molar refractivity (Wildman–Crippen MR) is 111 cm³/mol. The van der Waals surface area contributed by atoms with Crippen LogP contribution in [0.4, 0.5) is 5.69 Å². The first-order valence-corrected chi connectivity index (χ1v) is 11.1. The van der Waals surface area contributed by atoms with Gasteiger partial charge in [-0.15, -0.1) is 0 Å². The highest BCUT2D eigenvalue weighted by Gasteiger charge is 2.44. The number of aromatic amines is 1. The summed E-state index contributed by atoms with van der Waals surface area (Å²) < 4.78 is 28.8. The lowest BCUT2D eigenvalue weighted by Crippen LogP contribution is -2.44. The molecule has 1 saturated heterocycles. The van der Waals surface area contributed by atoms with Crippen molar-refractivity contribution in [1.29, 1.82) is 0 Å². The van der Waals surface area contributed by atoms with Crippen LogP contribution in [-0.2, 0) is 33.2 Å². The second kappa shape index (κ2) is 8.56. The number of aromatic nitrogens is 2. The highest BCUT2D eigenvalue weighted by atomic mass is 32.2. The van der Waals surface area contributed by atoms with Crippen molar-refractivity contribution in [2.24, 2.45) is 12.2 Å². The fourth-order valence-electron chi connectivity index (χ4n) is 3.17.